The minimum atomic E-state index is -0.233. The fourth-order valence-electron chi connectivity index (χ4n) is 2.96. The Morgan fingerprint density at radius 3 is 2.60 bits per heavy atom. The van der Waals surface area contributed by atoms with E-state index in [2.05, 4.69) is 10.2 Å². The Hall–Kier alpha value is -0.350. The van der Waals surface area contributed by atoms with Gasteiger partial charge in [-0.05, 0) is 24.5 Å². The molecule has 5 heteroatoms. The molecule has 20 heavy (non-hydrogen) atoms. The molecule has 2 nitrogen and oxygen atoms in total. The van der Waals surface area contributed by atoms with Crippen LogP contribution in [0, 0.1) is 11.7 Å². The number of hydrogen-bond acceptors (Lipinski definition) is 2. The Morgan fingerprint density at radius 2 is 1.95 bits per heavy atom. The van der Waals surface area contributed by atoms with Crippen molar-refractivity contribution in [2.24, 2.45) is 5.92 Å². The van der Waals surface area contributed by atoms with Gasteiger partial charge in [-0.15, -0.1) is 0 Å². The van der Waals surface area contributed by atoms with Gasteiger partial charge in [0.25, 0.3) is 0 Å². The van der Waals surface area contributed by atoms with Crippen LogP contribution < -0.4 is 5.32 Å². The number of hydrogen-bond donors (Lipinski definition) is 1. The van der Waals surface area contributed by atoms with Crippen LogP contribution in [0.4, 0.5) is 4.39 Å². The number of nitrogens with one attached hydrogen (secondary N) is 1. The first kappa shape index (κ1) is 14.6. The average Bonchev–Trinajstić information content (AvgIpc) is 3.27. The van der Waals surface area contributed by atoms with Gasteiger partial charge in [-0.25, -0.2) is 4.39 Å². The summed E-state index contributed by atoms with van der Waals surface area (Å²) in [6, 6.07) is 3.02. The van der Waals surface area contributed by atoms with Gasteiger partial charge in [-0.2, -0.15) is 0 Å². The van der Waals surface area contributed by atoms with Crippen molar-refractivity contribution in [1.82, 2.24) is 10.2 Å². The second-order valence-corrected chi connectivity index (χ2v) is 6.52. The summed E-state index contributed by atoms with van der Waals surface area (Å²) in [7, 11) is 0. The van der Waals surface area contributed by atoms with Crippen molar-refractivity contribution < 1.29 is 4.39 Å². The monoisotopic (exact) mass is 316 g/mol. The van der Waals surface area contributed by atoms with Crippen molar-refractivity contribution >= 4 is 23.2 Å². The first-order valence-electron chi connectivity index (χ1n) is 7.25. The minimum Gasteiger partial charge on any atom is -0.314 e. The maximum atomic E-state index is 14.3. The van der Waals surface area contributed by atoms with Gasteiger partial charge in [-0.1, -0.05) is 36.0 Å². The van der Waals surface area contributed by atoms with Gasteiger partial charge in [0.2, 0.25) is 0 Å². The average molecular weight is 317 g/mol. The van der Waals surface area contributed by atoms with Crippen LogP contribution in [-0.2, 0) is 0 Å². The highest BCUT2D eigenvalue weighted by molar-refractivity contribution is 6.42. The second-order valence-electron chi connectivity index (χ2n) is 5.74. The van der Waals surface area contributed by atoms with Crippen LogP contribution in [0.5, 0.6) is 0 Å². The second kappa shape index (κ2) is 6.18. The van der Waals surface area contributed by atoms with E-state index in [1.165, 1.54) is 25.0 Å². The summed E-state index contributed by atoms with van der Waals surface area (Å²) >= 11 is 12.4. The lowest BCUT2D eigenvalue weighted by Gasteiger charge is -2.36. The largest absolute Gasteiger partial charge is 0.314 e. The van der Waals surface area contributed by atoms with E-state index in [0.717, 1.165) is 32.6 Å². The molecule has 2 fully saturated rings. The molecule has 110 valence electrons. The Morgan fingerprint density at radius 1 is 1.25 bits per heavy atom. The predicted octanol–water partition coefficient (Wildman–Crippen LogP) is 3.88. The molecule has 1 saturated carbocycles. The van der Waals surface area contributed by atoms with Crippen LogP contribution >= 0.6 is 23.2 Å². The van der Waals surface area contributed by atoms with E-state index in [9.17, 15) is 4.39 Å². The summed E-state index contributed by atoms with van der Waals surface area (Å²) in [5, 5.41) is 4.16. The topological polar surface area (TPSA) is 15.3 Å². The van der Waals surface area contributed by atoms with Crippen LogP contribution in [0.2, 0.25) is 10.0 Å². The molecule has 1 N–H and O–H groups in total. The summed E-state index contributed by atoms with van der Waals surface area (Å²) in [5.74, 6) is 0.480. The fraction of sp³-hybridized carbons (Fsp3) is 0.600. The lowest BCUT2D eigenvalue weighted by molar-refractivity contribution is 0.157. The highest BCUT2D eigenvalue weighted by Gasteiger charge is 2.33. The molecule has 1 aromatic rings. The van der Waals surface area contributed by atoms with E-state index in [4.69, 9.17) is 23.2 Å². The molecule has 1 aliphatic carbocycles. The van der Waals surface area contributed by atoms with E-state index < -0.39 is 0 Å². The van der Waals surface area contributed by atoms with Gasteiger partial charge in [-0.3, -0.25) is 4.90 Å². The first-order chi connectivity index (χ1) is 9.66. The Kier molecular flexibility index (Phi) is 4.51. The van der Waals surface area contributed by atoms with Crippen molar-refractivity contribution in [3.8, 4) is 0 Å². The number of piperazine rings is 1. The van der Waals surface area contributed by atoms with E-state index in [1.54, 1.807) is 0 Å². The molecule has 0 spiro atoms. The maximum absolute atomic E-state index is 14.3. The van der Waals surface area contributed by atoms with Gasteiger partial charge in [0.15, 0.2) is 0 Å². The summed E-state index contributed by atoms with van der Waals surface area (Å²) < 4.78 is 14.3. The maximum Gasteiger partial charge on any atom is 0.129 e. The lowest BCUT2D eigenvalue weighted by atomic mass is 9.98. The van der Waals surface area contributed by atoms with Crippen LogP contribution in [-0.4, -0.2) is 31.1 Å². The fourth-order valence-corrected chi connectivity index (χ4v) is 3.40. The third-order valence-corrected chi connectivity index (χ3v) is 5.08. The minimum absolute atomic E-state index is 0.0517. The molecular formula is C15H19Cl2FN2. The van der Waals surface area contributed by atoms with Gasteiger partial charge in [0.1, 0.15) is 5.82 Å². The summed E-state index contributed by atoms with van der Waals surface area (Å²) in [5.41, 5.74) is 0.591. The summed E-state index contributed by atoms with van der Waals surface area (Å²) in [6.07, 6.45) is 3.49. The first-order valence-corrected chi connectivity index (χ1v) is 8.00. The van der Waals surface area contributed by atoms with Gasteiger partial charge >= 0.3 is 0 Å². The van der Waals surface area contributed by atoms with Crippen molar-refractivity contribution in [3.63, 3.8) is 0 Å². The zero-order valence-electron chi connectivity index (χ0n) is 11.3. The third kappa shape index (κ3) is 3.11. The number of halogens is 3. The number of nitrogens with zero attached hydrogens (tertiary/aromatic N) is 1. The standard InChI is InChI=1S/C15H19Cl2FN2/c16-11-3-4-12(18)14(15(11)17)13(9-10-1-2-10)20-7-5-19-6-8-20/h3-4,10,13,19H,1-2,5-9H2/t13-/m0/s1. The molecule has 1 aromatic carbocycles. The quantitative estimate of drug-likeness (QED) is 0.848. The Balaban J connectivity index is 1.93. The zero-order valence-corrected chi connectivity index (χ0v) is 12.9. The number of rotatable bonds is 4. The zero-order chi connectivity index (χ0) is 14.1. The van der Waals surface area contributed by atoms with Crippen molar-refractivity contribution in [1.29, 1.82) is 0 Å². The predicted molar refractivity (Wildman–Crippen MR) is 80.9 cm³/mol. The highest BCUT2D eigenvalue weighted by atomic mass is 35.5. The SMILES string of the molecule is Fc1ccc(Cl)c(Cl)c1[C@H](CC1CC1)N1CCNCC1. The van der Waals surface area contributed by atoms with Gasteiger partial charge in [0.05, 0.1) is 10.0 Å². The highest BCUT2D eigenvalue weighted by Crippen LogP contribution is 2.43. The van der Waals surface area contributed by atoms with Gasteiger partial charge in [0, 0.05) is 37.8 Å². The van der Waals surface area contributed by atoms with Gasteiger partial charge < -0.3 is 5.32 Å². The summed E-state index contributed by atoms with van der Waals surface area (Å²) in [6.45, 7) is 3.75. The molecule has 1 atom stereocenters. The molecule has 0 amide bonds. The molecule has 0 aromatic heterocycles. The molecule has 1 saturated heterocycles. The molecule has 2 aliphatic rings. The third-order valence-electron chi connectivity index (χ3n) is 4.26. The smallest absolute Gasteiger partial charge is 0.129 e. The molecule has 0 bridgehead atoms. The van der Waals surface area contributed by atoms with E-state index in [0.29, 0.717) is 21.5 Å². The normalized spacial score (nSPS) is 21.9. The number of benzene rings is 1. The van der Waals surface area contributed by atoms with Crippen molar-refractivity contribution in [3.05, 3.63) is 33.6 Å². The van der Waals surface area contributed by atoms with E-state index in [-0.39, 0.29) is 11.9 Å². The molecule has 1 aliphatic heterocycles. The van der Waals surface area contributed by atoms with Crippen LogP contribution in [0.1, 0.15) is 30.9 Å². The molecular weight excluding hydrogens is 298 g/mol. The Labute approximate surface area is 129 Å². The van der Waals surface area contributed by atoms with Crippen LogP contribution in [0.3, 0.4) is 0 Å². The molecule has 0 radical (unpaired) electrons. The van der Waals surface area contributed by atoms with Crippen molar-refractivity contribution in [2.45, 2.75) is 25.3 Å². The van der Waals surface area contributed by atoms with Crippen LogP contribution in [0.25, 0.3) is 0 Å². The van der Waals surface area contributed by atoms with E-state index >= 15 is 0 Å². The Bertz CT molecular complexity index is 485. The lowest BCUT2D eigenvalue weighted by Crippen LogP contribution is -2.45. The molecule has 1 heterocycles. The summed E-state index contributed by atoms with van der Waals surface area (Å²) in [4.78, 5) is 2.34. The molecule has 3 rings (SSSR count). The van der Waals surface area contributed by atoms with Crippen molar-refractivity contribution in [2.75, 3.05) is 26.2 Å². The van der Waals surface area contributed by atoms with E-state index in [1.807, 2.05) is 0 Å². The van der Waals surface area contributed by atoms with Crippen LogP contribution in [0.15, 0.2) is 12.1 Å². The molecule has 0 unspecified atom stereocenters.